The van der Waals surface area contributed by atoms with Crippen LogP contribution in [-0.4, -0.2) is 15.3 Å². The molecule has 1 heterocycles. The first kappa shape index (κ1) is 31.4. The number of fused-ring (bicyclic) bond motifs is 4. The summed E-state index contributed by atoms with van der Waals surface area (Å²) in [4.78, 5) is 0. The summed E-state index contributed by atoms with van der Waals surface area (Å²) in [6, 6.07) is 55.7. The Bertz CT molecular complexity index is 3860. The van der Waals surface area contributed by atoms with Crippen molar-refractivity contribution < 1.29 is 19.7 Å². The molecule has 12 aromatic carbocycles. The third-order valence-corrected chi connectivity index (χ3v) is 12.7. The van der Waals surface area contributed by atoms with E-state index in [2.05, 4.69) is 109 Å². The van der Waals surface area contributed by atoms with Crippen molar-refractivity contribution in [3.63, 3.8) is 0 Å². The average molecular weight is 743 g/mol. The Labute approximate surface area is 330 Å². The largest absolute Gasteiger partial charge is 0.506 e. The van der Waals surface area contributed by atoms with Crippen LogP contribution >= 0.6 is 0 Å². The molecule has 0 bridgehead atoms. The average Bonchev–Trinajstić information content (AvgIpc) is 3.63. The van der Waals surface area contributed by atoms with Crippen molar-refractivity contribution in [1.29, 1.82) is 0 Å². The van der Waals surface area contributed by atoms with Gasteiger partial charge in [-0.3, -0.25) is 0 Å². The van der Waals surface area contributed by atoms with Crippen molar-refractivity contribution in [2.45, 2.75) is 0 Å². The van der Waals surface area contributed by atoms with Gasteiger partial charge in [-0.1, -0.05) is 146 Å². The molecule has 13 aromatic rings. The zero-order chi connectivity index (χ0) is 38.4. The van der Waals surface area contributed by atoms with E-state index in [1.54, 1.807) is 0 Å². The van der Waals surface area contributed by atoms with Gasteiger partial charge in [-0.2, -0.15) is 0 Å². The molecule has 0 saturated carbocycles. The zero-order valence-electron chi connectivity index (χ0n) is 30.8. The van der Waals surface area contributed by atoms with Gasteiger partial charge in [-0.15, -0.1) is 0 Å². The van der Waals surface area contributed by atoms with Crippen LogP contribution in [0.5, 0.6) is 17.2 Å². The van der Waals surface area contributed by atoms with Gasteiger partial charge in [0.2, 0.25) is 0 Å². The molecular weight excluding hydrogens is 713 g/mol. The normalized spacial score (nSPS) is 12.3. The lowest BCUT2D eigenvalue weighted by Gasteiger charge is -2.23. The van der Waals surface area contributed by atoms with Crippen LogP contribution in [0.4, 0.5) is 0 Å². The Morgan fingerprint density at radius 1 is 0.276 bits per heavy atom. The highest BCUT2D eigenvalue weighted by atomic mass is 16.3. The molecule has 0 spiro atoms. The van der Waals surface area contributed by atoms with E-state index in [0.29, 0.717) is 33.4 Å². The molecule has 0 amide bonds. The van der Waals surface area contributed by atoms with Gasteiger partial charge in [-0.05, 0) is 110 Å². The summed E-state index contributed by atoms with van der Waals surface area (Å²) in [5, 5.41) is 54.8. The van der Waals surface area contributed by atoms with Gasteiger partial charge in [0.25, 0.3) is 0 Å². The molecule has 13 rings (SSSR count). The van der Waals surface area contributed by atoms with Gasteiger partial charge >= 0.3 is 0 Å². The molecule has 0 atom stereocenters. The van der Waals surface area contributed by atoms with Crippen LogP contribution in [0, 0.1) is 0 Å². The molecule has 1 aromatic heterocycles. The lowest BCUT2D eigenvalue weighted by Crippen LogP contribution is -1.95. The topological polar surface area (TPSA) is 73.8 Å². The second-order valence-electron chi connectivity index (χ2n) is 15.6. The summed E-state index contributed by atoms with van der Waals surface area (Å²) in [6.07, 6.45) is 0. The Hall–Kier alpha value is -7.82. The lowest BCUT2D eigenvalue weighted by atomic mass is 9.82. The van der Waals surface area contributed by atoms with Gasteiger partial charge in [0.1, 0.15) is 16.9 Å². The summed E-state index contributed by atoms with van der Waals surface area (Å²) >= 11 is 0. The first-order chi connectivity index (χ1) is 28.5. The van der Waals surface area contributed by atoms with Crippen molar-refractivity contribution >= 4 is 97.3 Å². The molecule has 0 unspecified atom stereocenters. The van der Waals surface area contributed by atoms with E-state index in [-0.39, 0.29) is 22.8 Å². The quantitative estimate of drug-likeness (QED) is 0.0957. The van der Waals surface area contributed by atoms with Gasteiger partial charge in [0, 0.05) is 21.9 Å². The number of aromatic hydroxyl groups is 3. The van der Waals surface area contributed by atoms with E-state index in [1.165, 1.54) is 0 Å². The number of phenolic OH excluding ortho intramolecular Hbond substituents is 3. The Morgan fingerprint density at radius 3 is 1.33 bits per heavy atom. The molecular formula is C54H30O4. The van der Waals surface area contributed by atoms with Crippen molar-refractivity contribution in [2.75, 3.05) is 0 Å². The highest BCUT2D eigenvalue weighted by Gasteiger charge is 2.31. The maximum absolute atomic E-state index is 13.1. The Balaban J connectivity index is 1.20. The number of hydrogen-bond acceptors (Lipinski definition) is 4. The van der Waals surface area contributed by atoms with Crippen LogP contribution in [0.3, 0.4) is 0 Å². The maximum atomic E-state index is 13.1. The second kappa shape index (κ2) is 11.2. The highest BCUT2D eigenvalue weighted by Crippen LogP contribution is 2.59. The molecule has 0 saturated heterocycles. The monoisotopic (exact) mass is 742 g/mol. The molecule has 58 heavy (non-hydrogen) atoms. The van der Waals surface area contributed by atoms with E-state index in [0.717, 1.165) is 91.7 Å². The first-order valence-electron chi connectivity index (χ1n) is 19.5. The summed E-state index contributed by atoms with van der Waals surface area (Å²) in [5.74, 6) is -0.827. The van der Waals surface area contributed by atoms with Gasteiger partial charge < -0.3 is 19.7 Å². The zero-order valence-corrected chi connectivity index (χ0v) is 30.8. The first-order valence-corrected chi connectivity index (χ1v) is 19.5. The lowest BCUT2D eigenvalue weighted by molar-refractivity contribution is 0.401. The van der Waals surface area contributed by atoms with Crippen LogP contribution < -0.4 is 0 Å². The SMILES string of the molecule is Oc1c(O)c(-c2cccc3oc4cc5ccccc5cc4c23)c(-c2ccc3ccc4cccc5ccc2c3c45)c(O)c1-c1ccc2ccc3cccc4ccc1c2c34. The summed E-state index contributed by atoms with van der Waals surface area (Å²) in [6.45, 7) is 0. The fourth-order valence-corrected chi connectivity index (χ4v) is 10.1. The van der Waals surface area contributed by atoms with E-state index >= 15 is 0 Å². The van der Waals surface area contributed by atoms with E-state index in [9.17, 15) is 15.3 Å². The molecule has 0 aliphatic rings. The maximum Gasteiger partial charge on any atom is 0.169 e. The number of rotatable bonds is 3. The van der Waals surface area contributed by atoms with Gasteiger partial charge in [-0.25, -0.2) is 0 Å². The van der Waals surface area contributed by atoms with Gasteiger partial charge in [0.05, 0.1) is 5.56 Å². The molecule has 4 heteroatoms. The van der Waals surface area contributed by atoms with Crippen molar-refractivity contribution in [2.24, 2.45) is 0 Å². The third kappa shape index (κ3) is 4.03. The fraction of sp³-hybridized carbons (Fsp3) is 0. The van der Waals surface area contributed by atoms with Crippen molar-refractivity contribution in [3.05, 3.63) is 164 Å². The third-order valence-electron chi connectivity index (χ3n) is 12.7. The van der Waals surface area contributed by atoms with Crippen LogP contribution in [0.15, 0.2) is 168 Å². The molecule has 270 valence electrons. The van der Waals surface area contributed by atoms with Crippen LogP contribution in [0.2, 0.25) is 0 Å². The van der Waals surface area contributed by atoms with Crippen molar-refractivity contribution in [1.82, 2.24) is 0 Å². The van der Waals surface area contributed by atoms with Crippen molar-refractivity contribution in [3.8, 4) is 50.6 Å². The van der Waals surface area contributed by atoms with Crippen LogP contribution in [0.1, 0.15) is 0 Å². The predicted octanol–water partition coefficient (Wildman–Crippen LogP) is 14.7. The molecule has 3 N–H and O–H groups in total. The smallest absolute Gasteiger partial charge is 0.169 e. The van der Waals surface area contributed by atoms with Crippen LogP contribution in [-0.2, 0) is 0 Å². The highest BCUT2D eigenvalue weighted by molar-refractivity contribution is 6.29. The van der Waals surface area contributed by atoms with Crippen LogP contribution in [0.25, 0.3) is 131 Å². The fourth-order valence-electron chi connectivity index (χ4n) is 10.1. The molecule has 4 nitrogen and oxygen atoms in total. The Morgan fingerprint density at radius 2 is 0.724 bits per heavy atom. The minimum absolute atomic E-state index is 0.120. The molecule has 0 aliphatic heterocycles. The number of benzene rings is 12. The molecule has 0 radical (unpaired) electrons. The van der Waals surface area contributed by atoms with E-state index in [4.69, 9.17) is 4.42 Å². The van der Waals surface area contributed by atoms with E-state index < -0.39 is 0 Å². The van der Waals surface area contributed by atoms with Gasteiger partial charge in [0.15, 0.2) is 11.5 Å². The summed E-state index contributed by atoms with van der Waals surface area (Å²) in [5.41, 5.74) is 4.28. The Kier molecular flexibility index (Phi) is 6.04. The standard InChI is InChI=1S/C54H30O4/c55-52-49(38-24-20-32-16-14-28-8-3-10-30-18-22-36(38)46(32)44(28)30)50(40-12-5-13-42-48(40)41-26-34-6-1-2-7-35(34)27-43(41)58-42)53(56)54(57)51(52)39-25-21-33-17-15-29-9-4-11-31-19-23-37(39)47(33)45(29)31/h1-27,55-57H. The minimum Gasteiger partial charge on any atom is -0.506 e. The molecule has 0 fully saturated rings. The van der Waals surface area contributed by atoms with E-state index in [1.807, 2.05) is 54.6 Å². The number of hydrogen-bond donors (Lipinski definition) is 3. The number of furan rings is 1. The number of phenols is 3. The predicted molar refractivity (Wildman–Crippen MR) is 240 cm³/mol. The summed E-state index contributed by atoms with van der Waals surface area (Å²) in [7, 11) is 0. The minimum atomic E-state index is -0.390. The summed E-state index contributed by atoms with van der Waals surface area (Å²) < 4.78 is 6.51. The second-order valence-corrected chi connectivity index (χ2v) is 15.6. The molecule has 0 aliphatic carbocycles.